The maximum atomic E-state index is 13.9. The van der Waals surface area contributed by atoms with Crippen LogP contribution in [0.2, 0.25) is 0 Å². The number of benzene rings is 1. The quantitative estimate of drug-likeness (QED) is 0.675. The number of hydrogen-bond donors (Lipinski definition) is 0. The van der Waals surface area contributed by atoms with Crippen molar-refractivity contribution in [2.75, 3.05) is 39.4 Å². The molecule has 4 unspecified atom stereocenters. The van der Waals surface area contributed by atoms with Gasteiger partial charge in [0.25, 0.3) is 5.91 Å². The Bertz CT molecular complexity index is 971. The number of carbonyl (C=O) groups is 2. The van der Waals surface area contributed by atoms with Gasteiger partial charge in [-0.3, -0.25) is 14.5 Å². The molecule has 34 heavy (non-hydrogen) atoms. The molecule has 1 aromatic carbocycles. The second kappa shape index (κ2) is 9.12. The molecule has 1 saturated heterocycles. The van der Waals surface area contributed by atoms with Crippen LogP contribution in [0.3, 0.4) is 0 Å². The molecule has 0 aromatic heterocycles. The normalized spacial score (nSPS) is 30.3. The molecule has 1 saturated carbocycles. The molecule has 0 radical (unpaired) electrons. The minimum atomic E-state index is -0.372. The summed E-state index contributed by atoms with van der Waals surface area (Å²) >= 11 is 0. The molecule has 4 aliphatic rings. The van der Waals surface area contributed by atoms with E-state index in [1.165, 1.54) is 5.56 Å². The van der Waals surface area contributed by atoms with Crippen LogP contribution in [-0.4, -0.2) is 67.0 Å². The second-order valence-corrected chi connectivity index (χ2v) is 11.5. The highest BCUT2D eigenvalue weighted by Crippen LogP contribution is 2.47. The van der Waals surface area contributed by atoms with Crippen LogP contribution in [0.5, 0.6) is 0 Å². The maximum absolute atomic E-state index is 13.9. The van der Waals surface area contributed by atoms with Crippen LogP contribution < -0.4 is 0 Å². The van der Waals surface area contributed by atoms with Crippen LogP contribution >= 0.6 is 0 Å². The third-order valence-corrected chi connectivity index (χ3v) is 8.06. The van der Waals surface area contributed by atoms with Gasteiger partial charge in [0.1, 0.15) is 6.10 Å². The number of Topliss-reactive ketones (excluding diaryl/α,β-unsaturated/α-hetero) is 1. The van der Waals surface area contributed by atoms with Crippen LogP contribution in [0.25, 0.3) is 0 Å². The summed E-state index contributed by atoms with van der Waals surface area (Å²) < 4.78 is 11.8. The van der Waals surface area contributed by atoms with Crippen LogP contribution in [0, 0.1) is 11.8 Å². The van der Waals surface area contributed by atoms with Crippen LogP contribution in [0.4, 0.5) is 0 Å². The van der Waals surface area contributed by atoms with Crippen LogP contribution in [-0.2, 0) is 24.5 Å². The second-order valence-electron chi connectivity index (χ2n) is 11.5. The number of fused-ring (bicyclic) bond motifs is 1. The average Bonchev–Trinajstić information content (AvgIpc) is 3.10. The molecule has 1 amide bonds. The van der Waals surface area contributed by atoms with E-state index in [0.29, 0.717) is 23.8 Å². The summed E-state index contributed by atoms with van der Waals surface area (Å²) in [4.78, 5) is 31.7. The lowest BCUT2D eigenvalue weighted by atomic mass is 9.74. The van der Waals surface area contributed by atoms with Gasteiger partial charge in [-0.15, -0.1) is 0 Å². The SMILES string of the molecule is CC1CCC2OC3=C(C(=O)C2C1)C(c1ccc(C(C)(C)C)cc1)N(CCN1CCOCC1)C3=O. The van der Waals surface area contributed by atoms with E-state index in [1.807, 2.05) is 4.90 Å². The first-order valence-electron chi connectivity index (χ1n) is 12.9. The van der Waals surface area contributed by atoms with E-state index in [2.05, 4.69) is 56.9 Å². The molecule has 0 spiro atoms. The van der Waals surface area contributed by atoms with Gasteiger partial charge in [0, 0.05) is 26.2 Å². The lowest BCUT2D eigenvalue weighted by molar-refractivity contribution is -0.136. The third kappa shape index (κ3) is 4.31. The monoisotopic (exact) mass is 466 g/mol. The molecular formula is C28H38N2O4. The highest BCUT2D eigenvalue weighted by molar-refractivity contribution is 6.11. The number of ether oxygens (including phenoxy) is 2. The Balaban J connectivity index is 1.48. The van der Waals surface area contributed by atoms with Gasteiger partial charge in [-0.05, 0) is 41.7 Å². The maximum Gasteiger partial charge on any atom is 0.290 e. The molecule has 3 aliphatic heterocycles. The van der Waals surface area contributed by atoms with Gasteiger partial charge < -0.3 is 14.4 Å². The summed E-state index contributed by atoms with van der Waals surface area (Å²) in [5, 5.41) is 0. The number of carbonyl (C=O) groups excluding carboxylic acids is 2. The summed E-state index contributed by atoms with van der Waals surface area (Å²) in [6.45, 7) is 13.3. The first kappa shape index (κ1) is 23.6. The molecule has 1 aliphatic carbocycles. The number of rotatable bonds is 4. The predicted octanol–water partition coefficient (Wildman–Crippen LogP) is 3.86. The number of amides is 1. The van der Waals surface area contributed by atoms with E-state index in [0.717, 1.165) is 57.7 Å². The summed E-state index contributed by atoms with van der Waals surface area (Å²) in [5.74, 6) is 0.692. The molecule has 2 fully saturated rings. The summed E-state index contributed by atoms with van der Waals surface area (Å²) in [6, 6.07) is 8.09. The van der Waals surface area contributed by atoms with E-state index in [4.69, 9.17) is 9.47 Å². The summed E-state index contributed by atoms with van der Waals surface area (Å²) in [6.07, 6.45) is 2.58. The molecule has 6 heteroatoms. The Kier molecular flexibility index (Phi) is 6.32. The Morgan fingerprint density at radius 1 is 1.00 bits per heavy atom. The first-order valence-corrected chi connectivity index (χ1v) is 12.9. The Morgan fingerprint density at radius 2 is 1.71 bits per heavy atom. The van der Waals surface area contributed by atoms with Gasteiger partial charge >= 0.3 is 0 Å². The zero-order valence-corrected chi connectivity index (χ0v) is 21.0. The molecule has 3 heterocycles. The zero-order chi connectivity index (χ0) is 24.0. The van der Waals surface area contributed by atoms with Crippen molar-refractivity contribution >= 4 is 11.7 Å². The highest BCUT2D eigenvalue weighted by atomic mass is 16.5. The van der Waals surface area contributed by atoms with Crippen molar-refractivity contribution in [2.45, 2.75) is 64.5 Å². The first-order chi connectivity index (χ1) is 16.2. The minimum absolute atomic E-state index is 0.0414. The van der Waals surface area contributed by atoms with Gasteiger partial charge in [-0.2, -0.15) is 0 Å². The van der Waals surface area contributed by atoms with Crippen molar-refractivity contribution in [3.63, 3.8) is 0 Å². The van der Waals surface area contributed by atoms with Crippen LogP contribution in [0.1, 0.15) is 64.1 Å². The van der Waals surface area contributed by atoms with Gasteiger partial charge in [-0.1, -0.05) is 52.0 Å². The van der Waals surface area contributed by atoms with Crippen molar-refractivity contribution in [2.24, 2.45) is 11.8 Å². The van der Waals surface area contributed by atoms with Crippen molar-refractivity contribution < 1.29 is 19.1 Å². The molecular weight excluding hydrogens is 428 g/mol. The molecule has 4 atom stereocenters. The molecule has 0 N–H and O–H groups in total. The standard InChI is InChI=1S/C28H38N2O4/c1-18-5-10-22-21(17-18)25(31)23-24(19-6-8-20(9-7-19)28(2,3)4)30(27(32)26(23)34-22)12-11-29-13-15-33-16-14-29/h6-9,18,21-22,24H,5,10-17H2,1-4H3. The molecule has 1 aromatic rings. The fraction of sp³-hybridized carbons (Fsp3) is 0.643. The van der Waals surface area contributed by atoms with E-state index in [-0.39, 0.29) is 35.2 Å². The lowest BCUT2D eigenvalue weighted by Crippen LogP contribution is -2.43. The minimum Gasteiger partial charge on any atom is -0.483 e. The van der Waals surface area contributed by atoms with Crippen molar-refractivity contribution in [3.05, 3.63) is 46.7 Å². The number of nitrogens with zero attached hydrogens (tertiary/aromatic N) is 2. The molecule has 6 nitrogen and oxygen atoms in total. The van der Waals surface area contributed by atoms with Gasteiger partial charge in [0.15, 0.2) is 11.5 Å². The molecule has 184 valence electrons. The zero-order valence-electron chi connectivity index (χ0n) is 21.0. The van der Waals surface area contributed by atoms with Gasteiger partial charge in [0.05, 0.1) is 30.7 Å². The van der Waals surface area contributed by atoms with E-state index in [9.17, 15) is 9.59 Å². The Hall–Kier alpha value is -2.18. The van der Waals surface area contributed by atoms with Gasteiger partial charge in [-0.25, -0.2) is 0 Å². The van der Waals surface area contributed by atoms with E-state index in [1.54, 1.807) is 0 Å². The smallest absolute Gasteiger partial charge is 0.290 e. The number of ketones is 1. The number of hydrogen-bond acceptors (Lipinski definition) is 5. The van der Waals surface area contributed by atoms with E-state index < -0.39 is 0 Å². The Morgan fingerprint density at radius 3 is 2.38 bits per heavy atom. The van der Waals surface area contributed by atoms with E-state index >= 15 is 0 Å². The van der Waals surface area contributed by atoms with Crippen molar-refractivity contribution in [1.82, 2.24) is 9.80 Å². The predicted molar refractivity (Wildman–Crippen MR) is 130 cm³/mol. The number of morpholine rings is 1. The van der Waals surface area contributed by atoms with Crippen molar-refractivity contribution in [3.8, 4) is 0 Å². The lowest BCUT2D eigenvalue weighted by Gasteiger charge is -2.37. The Labute approximate surface area is 203 Å². The fourth-order valence-corrected chi connectivity index (χ4v) is 5.94. The van der Waals surface area contributed by atoms with Crippen LogP contribution in [0.15, 0.2) is 35.6 Å². The fourth-order valence-electron chi connectivity index (χ4n) is 5.94. The molecule has 5 rings (SSSR count). The largest absolute Gasteiger partial charge is 0.483 e. The molecule has 0 bridgehead atoms. The summed E-state index contributed by atoms with van der Waals surface area (Å²) in [5.41, 5.74) is 2.86. The van der Waals surface area contributed by atoms with Crippen molar-refractivity contribution in [1.29, 1.82) is 0 Å². The average molecular weight is 467 g/mol. The van der Waals surface area contributed by atoms with Gasteiger partial charge in [0.2, 0.25) is 0 Å². The highest BCUT2D eigenvalue weighted by Gasteiger charge is 2.52. The third-order valence-electron chi connectivity index (χ3n) is 8.06. The summed E-state index contributed by atoms with van der Waals surface area (Å²) in [7, 11) is 0. The topological polar surface area (TPSA) is 59.1 Å².